The second-order valence-corrected chi connectivity index (χ2v) is 6.81. The Kier molecular flexibility index (Phi) is 4.71. The fraction of sp³-hybridized carbons (Fsp3) is 0.857. The first-order valence-corrected chi connectivity index (χ1v) is 6.92. The van der Waals surface area contributed by atoms with E-state index in [-0.39, 0.29) is 0 Å². The quantitative estimate of drug-likeness (QED) is 0.507. The van der Waals surface area contributed by atoms with Crippen LogP contribution in [-0.2, 0) is 0 Å². The van der Waals surface area contributed by atoms with Gasteiger partial charge in [-0.1, -0.05) is 43.1 Å². The van der Waals surface area contributed by atoms with Crippen LogP contribution in [-0.4, -0.2) is 4.83 Å². The summed E-state index contributed by atoms with van der Waals surface area (Å²) in [5.74, 6) is 7.94. The highest BCUT2D eigenvalue weighted by Crippen LogP contribution is 2.45. The van der Waals surface area contributed by atoms with Crippen LogP contribution in [0.25, 0.3) is 0 Å². The molecule has 0 aromatic carbocycles. The Morgan fingerprint density at radius 2 is 2.00 bits per heavy atom. The van der Waals surface area contributed by atoms with Crippen molar-refractivity contribution in [3.63, 3.8) is 0 Å². The Bertz CT molecular complexity index is 256. The van der Waals surface area contributed by atoms with Gasteiger partial charge in [-0.3, -0.25) is 0 Å². The van der Waals surface area contributed by atoms with Gasteiger partial charge < -0.3 is 0 Å². The standard InChI is InChI=1S/C14H23Br/c1-5-6-9-14(3,4)12-8-7-11(2)10-13(12)15/h11-13H,7-10H2,1-4H3. The van der Waals surface area contributed by atoms with Gasteiger partial charge in [0.25, 0.3) is 0 Å². The molecule has 1 rings (SSSR count). The fourth-order valence-electron chi connectivity index (χ4n) is 2.64. The first-order chi connectivity index (χ1) is 6.97. The lowest BCUT2D eigenvalue weighted by Gasteiger charge is -2.41. The largest absolute Gasteiger partial charge is 0.107 e. The van der Waals surface area contributed by atoms with Crippen molar-refractivity contribution in [2.24, 2.45) is 17.3 Å². The average molecular weight is 271 g/mol. The molecular formula is C14H23Br. The molecular weight excluding hydrogens is 248 g/mol. The second-order valence-electron chi connectivity index (χ2n) is 5.63. The Balaban J connectivity index is 2.64. The van der Waals surface area contributed by atoms with Crippen LogP contribution in [0, 0.1) is 29.1 Å². The summed E-state index contributed by atoms with van der Waals surface area (Å²) in [5, 5.41) is 0. The smallest absolute Gasteiger partial charge is 0.0182 e. The molecule has 0 amide bonds. The van der Waals surface area contributed by atoms with Crippen LogP contribution in [0.5, 0.6) is 0 Å². The van der Waals surface area contributed by atoms with Gasteiger partial charge in [0.05, 0.1) is 0 Å². The fourth-order valence-corrected chi connectivity index (χ4v) is 4.26. The van der Waals surface area contributed by atoms with Crippen molar-refractivity contribution in [1.82, 2.24) is 0 Å². The van der Waals surface area contributed by atoms with Crippen molar-refractivity contribution in [2.75, 3.05) is 0 Å². The number of rotatable bonds is 2. The van der Waals surface area contributed by atoms with Gasteiger partial charge in [0.2, 0.25) is 0 Å². The molecule has 0 saturated heterocycles. The molecule has 1 heteroatoms. The molecule has 3 atom stereocenters. The van der Waals surface area contributed by atoms with Crippen LogP contribution in [0.15, 0.2) is 0 Å². The zero-order valence-corrected chi connectivity index (χ0v) is 12.0. The van der Waals surface area contributed by atoms with Gasteiger partial charge in [0, 0.05) is 11.2 Å². The maximum absolute atomic E-state index is 3.87. The van der Waals surface area contributed by atoms with E-state index >= 15 is 0 Å². The Morgan fingerprint density at radius 1 is 1.33 bits per heavy atom. The molecule has 0 aromatic rings. The lowest BCUT2D eigenvalue weighted by atomic mass is 9.67. The molecule has 0 spiro atoms. The Hall–Kier alpha value is 0.0400. The molecule has 0 N–H and O–H groups in total. The predicted molar refractivity (Wildman–Crippen MR) is 71.1 cm³/mol. The predicted octanol–water partition coefficient (Wildman–Crippen LogP) is 4.63. The molecule has 0 radical (unpaired) electrons. The summed E-state index contributed by atoms with van der Waals surface area (Å²) in [6.07, 6.45) is 5.10. The van der Waals surface area contributed by atoms with E-state index in [0.717, 1.165) is 18.3 Å². The summed E-state index contributed by atoms with van der Waals surface area (Å²) in [4.78, 5) is 0.690. The highest BCUT2D eigenvalue weighted by molar-refractivity contribution is 9.09. The van der Waals surface area contributed by atoms with E-state index in [1.54, 1.807) is 0 Å². The zero-order valence-electron chi connectivity index (χ0n) is 10.4. The monoisotopic (exact) mass is 270 g/mol. The number of hydrogen-bond acceptors (Lipinski definition) is 0. The third-order valence-electron chi connectivity index (χ3n) is 3.76. The van der Waals surface area contributed by atoms with E-state index in [1.807, 2.05) is 6.92 Å². The molecule has 3 unspecified atom stereocenters. The van der Waals surface area contributed by atoms with E-state index in [2.05, 4.69) is 48.5 Å². The average Bonchev–Trinajstić information content (AvgIpc) is 2.14. The van der Waals surface area contributed by atoms with Crippen molar-refractivity contribution in [3.8, 4) is 11.8 Å². The summed E-state index contributed by atoms with van der Waals surface area (Å²) in [6, 6.07) is 0. The van der Waals surface area contributed by atoms with Crippen LogP contribution in [0.1, 0.15) is 53.4 Å². The SMILES string of the molecule is CC#CCC(C)(C)C1CCC(C)CC1Br. The minimum Gasteiger partial charge on any atom is -0.107 e. The van der Waals surface area contributed by atoms with Crippen molar-refractivity contribution in [1.29, 1.82) is 0 Å². The summed E-state index contributed by atoms with van der Waals surface area (Å²) in [5.41, 5.74) is 0.358. The minimum absolute atomic E-state index is 0.358. The van der Waals surface area contributed by atoms with Crippen LogP contribution in [0.3, 0.4) is 0 Å². The van der Waals surface area contributed by atoms with Gasteiger partial charge >= 0.3 is 0 Å². The third-order valence-corrected chi connectivity index (χ3v) is 4.77. The van der Waals surface area contributed by atoms with Crippen LogP contribution in [0.2, 0.25) is 0 Å². The molecule has 0 nitrogen and oxygen atoms in total. The minimum atomic E-state index is 0.358. The van der Waals surface area contributed by atoms with Crippen molar-refractivity contribution in [3.05, 3.63) is 0 Å². The van der Waals surface area contributed by atoms with E-state index in [0.29, 0.717) is 10.2 Å². The Labute approximate surface area is 103 Å². The topological polar surface area (TPSA) is 0 Å². The van der Waals surface area contributed by atoms with Crippen LogP contribution in [0.4, 0.5) is 0 Å². The number of halogens is 1. The highest BCUT2D eigenvalue weighted by Gasteiger charge is 2.37. The lowest BCUT2D eigenvalue weighted by Crippen LogP contribution is -2.35. The van der Waals surface area contributed by atoms with Crippen LogP contribution >= 0.6 is 15.9 Å². The number of hydrogen-bond donors (Lipinski definition) is 0. The molecule has 0 bridgehead atoms. The first-order valence-electron chi connectivity index (χ1n) is 6.01. The zero-order chi connectivity index (χ0) is 11.5. The highest BCUT2D eigenvalue weighted by atomic mass is 79.9. The van der Waals surface area contributed by atoms with E-state index < -0.39 is 0 Å². The first kappa shape index (κ1) is 13.1. The van der Waals surface area contributed by atoms with Crippen molar-refractivity contribution >= 4 is 15.9 Å². The van der Waals surface area contributed by atoms with Crippen LogP contribution < -0.4 is 0 Å². The molecule has 0 aliphatic heterocycles. The van der Waals surface area contributed by atoms with Gasteiger partial charge in [0.1, 0.15) is 0 Å². The normalized spacial score (nSPS) is 31.9. The summed E-state index contributed by atoms with van der Waals surface area (Å²) < 4.78 is 0. The van der Waals surface area contributed by atoms with Gasteiger partial charge in [0.15, 0.2) is 0 Å². The van der Waals surface area contributed by atoms with E-state index in [9.17, 15) is 0 Å². The molecule has 0 heterocycles. The van der Waals surface area contributed by atoms with Gasteiger partial charge in [-0.15, -0.1) is 11.8 Å². The van der Waals surface area contributed by atoms with Crippen molar-refractivity contribution < 1.29 is 0 Å². The molecule has 1 aliphatic rings. The summed E-state index contributed by atoms with van der Waals surface area (Å²) in [6.45, 7) is 9.03. The molecule has 1 saturated carbocycles. The van der Waals surface area contributed by atoms with Gasteiger partial charge in [-0.05, 0) is 37.0 Å². The second kappa shape index (κ2) is 5.39. The molecule has 0 aromatic heterocycles. The van der Waals surface area contributed by atoms with E-state index in [4.69, 9.17) is 0 Å². The molecule has 86 valence electrons. The molecule has 1 fully saturated rings. The van der Waals surface area contributed by atoms with Gasteiger partial charge in [-0.25, -0.2) is 0 Å². The number of alkyl halides is 1. The maximum Gasteiger partial charge on any atom is 0.0182 e. The maximum atomic E-state index is 3.87. The molecule has 1 aliphatic carbocycles. The lowest BCUT2D eigenvalue weighted by molar-refractivity contribution is 0.152. The summed E-state index contributed by atoms with van der Waals surface area (Å²) >= 11 is 3.87. The third kappa shape index (κ3) is 3.52. The van der Waals surface area contributed by atoms with E-state index in [1.165, 1.54) is 19.3 Å². The van der Waals surface area contributed by atoms with Gasteiger partial charge in [-0.2, -0.15) is 0 Å². The molecule has 15 heavy (non-hydrogen) atoms. The van der Waals surface area contributed by atoms with Crippen molar-refractivity contribution in [2.45, 2.75) is 58.2 Å². The summed E-state index contributed by atoms with van der Waals surface area (Å²) in [7, 11) is 0. The Morgan fingerprint density at radius 3 is 2.53 bits per heavy atom.